The number of nitrogens with zero attached hydrogens (tertiary/aromatic N) is 4. The maximum atomic E-state index is 11.7. The summed E-state index contributed by atoms with van der Waals surface area (Å²) < 4.78 is 23.4. The number of anilines is 3. The molecule has 1 atom stereocenters. The molecular weight excluding hydrogens is 338 g/mol. The van der Waals surface area contributed by atoms with Crippen molar-refractivity contribution in [1.29, 1.82) is 5.26 Å². The summed E-state index contributed by atoms with van der Waals surface area (Å²) in [5.74, 6) is 1.51. The summed E-state index contributed by atoms with van der Waals surface area (Å²) in [4.78, 5) is 10.8. The van der Waals surface area contributed by atoms with Crippen LogP contribution in [0.2, 0.25) is 0 Å². The van der Waals surface area contributed by atoms with Crippen molar-refractivity contribution in [3.05, 3.63) is 41.6 Å². The fourth-order valence-electron chi connectivity index (χ4n) is 2.81. The molecule has 3 rings (SSSR count). The van der Waals surface area contributed by atoms with Crippen LogP contribution in [0.25, 0.3) is 0 Å². The van der Waals surface area contributed by atoms with Gasteiger partial charge >= 0.3 is 0 Å². The fraction of sp³-hybridized carbons (Fsp3) is 0.353. The number of aromatic nitrogens is 2. The highest BCUT2D eigenvalue weighted by atomic mass is 32.2. The van der Waals surface area contributed by atoms with Crippen molar-refractivity contribution < 1.29 is 8.42 Å². The smallest absolute Gasteiger partial charge is 0.229 e. The Morgan fingerprint density at radius 2 is 2.00 bits per heavy atom. The van der Waals surface area contributed by atoms with Gasteiger partial charge in [0.25, 0.3) is 0 Å². The summed E-state index contributed by atoms with van der Waals surface area (Å²) in [5.41, 5.74) is 2.15. The van der Waals surface area contributed by atoms with Crippen molar-refractivity contribution in [2.75, 3.05) is 28.8 Å². The SMILES string of the molecule is Cc1cc(N(C)C2CCS(=O)(=O)C2)nc(Nc2ccc(C#N)cc2)n1. The molecule has 130 valence electrons. The van der Waals surface area contributed by atoms with Gasteiger partial charge in [0.2, 0.25) is 5.95 Å². The van der Waals surface area contributed by atoms with Gasteiger partial charge in [0.05, 0.1) is 23.1 Å². The van der Waals surface area contributed by atoms with Crippen molar-refractivity contribution in [3.8, 4) is 6.07 Å². The van der Waals surface area contributed by atoms with E-state index in [1.54, 1.807) is 24.3 Å². The van der Waals surface area contributed by atoms with Crippen LogP contribution in [0.15, 0.2) is 30.3 Å². The van der Waals surface area contributed by atoms with Crippen LogP contribution >= 0.6 is 0 Å². The lowest BCUT2D eigenvalue weighted by atomic mass is 10.2. The molecule has 1 aliphatic rings. The fourth-order valence-corrected chi connectivity index (χ4v) is 4.59. The van der Waals surface area contributed by atoms with Crippen molar-refractivity contribution in [3.63, 3.8) is 0 Å². The van der Waals surface area contributed by atoms with Gasteiger partial charge in [-0.15, -0.1) is 0 Å². The van der Waals surface area contributed by atoms with Crippen LogP contribution in [0.3, 0.4) is 0 Å². The second kappa shape index (κ2) is 6.69. The monoisotopic (exact) mass is 357 g/mol. The average molecular weight is 357 g/mol. The van der Waals surface area contributed by atoms with Crippen molar-refractivity contribution in [1.82, 2.24) is 9.97 Å². The highest BCUT2D eigenvalue weighted by Gasteiger charge is 2.31. The third-order valence-electron chi connectivity index (χ3n) is 4.23. The van der Waals surface area contributed by atoms with Crippen molar-refractivity contribution in [2.45, 2.75) is 19.4 Å². The molecule has 1 unspecified atom stereocenters. The molecular formula is C17H19N5O2S. The zero-order valence-electron chi connectivity index (χ0n) is 14.1. The topological polar surface area (TPSA) is 99.0 Å². The van der Waals surface area contributed by atoms with Gasteiger partial charge < -0.3 is 10.2 Å². The van der Waals surface area contributed by atoms with E-state index in [4.69, 9.17) is 5.26 Å². The van der Waals surface area contributed by atoms with Crippen LogP contribution in [0, 0.1) is 18.3 Å². The van der Waals surface area contributed by atoms with E-state index in [0.717, 1.165) is 11.4 Å². The number of rotatable bonds is 4. The van der Waals surface area contributed by atoms with Crippen LogP contribution in [-0.2, 0) is 9.84 Å². The maximum absolute atomic E-state index is 11.7. The Morgan fingerprint density at radius 1 is 1.28 bits per heavy atom. The van der Waals surface area contributed by atoms with Gasteiger partial charge in [0, 0.05) is 30.5 Å². The van der Waals surface area contributed by atoms with Crippen LogP contribution in [0.1, 0.15) is 17.7 Å². The molecule has 0 spiro atoms. The van der Waals surface area contributed by atoms with Crippen LogP contribution < -0.4 is 10.2 Å². The summed E-state index contributed by atoms with van der Waals surface area (Å²) in [6.07, 6.45) is 0.611. The molecule has 8 heteroatoms. The molecule has 2 heterocycles. The predicted molar refractivity (Wildman–Crippen MR) is 96.7 cm³/mol. The van der Waals surface area contributed by atoms with E-state index >= 15 is 0 Å². The lowest BCUT2D eigenvalue weighted by Gasteiger charge is -2.25. The number of nitriles is 1. The number of hydrogen-bond donors (Lipinski definition) is 1. The van der Waals surface area contributed by atoms with E-state index in [-0.39, 0.29) is 17.5 Å². The van der Waals surface area contributed by atoms with Gasteiger partial charge in [-0.1, -0.05) is 0 Å². The van der Waals surface area contributed by atoms with E-state index in [1.807, 2.05) is 24.9 Å². The van der Waals surface area contributed by atoms with Crippen LogP contribution in [0.4, 0.5) is 17.5 Å². The van der Waals surface area contributed by atoms with Gasteiger partial charge in [-0.2, -0.15) is 10.2 Å². The minimum absolute atomic E-state index is 0.0675. The molecule has 2 aromatic rings. The van der Waals surface area contributed by atoms with Crippen LogP contribution in [-0.4, -0.2) is 43.0 Å². The molecule has 1 saturated heterocycles. The highest BCUT2D eigenvalue weighted by Crippen LogP contribution is 2.23. The lowest BCUT2D eigenvalue weighted by Crippen LogP contribution is -2.33. The third kappa shape index (κ3) is 4.06. The minimum Gasteiger partial charge on any atom is -0.355 e. The van der Waals surface area contributed by atoms with E-state index in [2.05, 4.69) is 21.4 Å². The average Bonchev–Trinajstić information content (AvgIpc) is 2.94. The number of benzene rings is 1. The first-order valence-electron chi connectivity index (χ1n) is 7.92. The highest BCUT2D eigenvalue weighted by molar-refractivity contribution is 7.91. The van der Waals surface area contributed by atoms with E-state index in [1.165, 1.54) is 0 Å². The summed E-state index contributed by atoms with van der Waals surface area (Å²) in [7, 11) is -1.09. The first-order chi connectivity index (χ1) is 11.9. The molecule has 7 nitrogen and oxygen atoms in total. The molecule has 0 amide bonds. The zero-order chi connectivity index (χ0) is 18.0. The van der Waals surface area contributed by atoms with E-state index < -0.39 is 9.84 Å². The van der Waals surface area contributed by atoms with E-state index in [9.17, 15) is 8.42 Å². The van der Waals surface area contributed by atoms with Gasteiger partial charge in [-0.3, -0.25) is 0 Å². The molecule has 0 radical (unpaired) electrons. The number of nitrogens with one attached hydrogen (secondary N) is 1. The quantitative estimate of drug-likeness (QED) is 0.893. The zero-order valence-corrected chi connectivity index (χ0v) is 14.9. The number of sulfone groups is 1. The Labute approximate surface area is 147 Å². The van der Waals surface area contributed by atoms with Crippen molar-refractivity contribution >= 4 is 27.3 Å². The van der Waals surface area contributed by atoms with Gasteiger partial charge in [-0.25, -0.2) is 13.4 Å². The van der Waals surface area contributed by atoms with Crippen molar-refractivity contribution in [2.24, 2.45) is 0 Å². The largest absolute Gasteiger partial charge is 0.355 e. The molecule has 1 aromatic heterocycles. The predicted octanol–water partition coefficient (Wildman–Crippen LogP) is 2.02. The summed E-state index contributed by atoms with van der Waals surface area (Å²) >= 11 is 0. The molecule has 25 heavy (non-hydrogen) atoms. The van der Waals surface area contributed by atoms with Gasteiger partial charge in [0.15, 0.2) is 9.84 Å². The lowest BCUT2D eigenvalue weighted by molar-refractivity contribution is 0.600. The number of aryl methyl sites for hydroxylation is 1. The first-order valence-corrected chi connectivity index (χ1v) is 9.74. The molecule has 1 aromatic carbocycles. The molecule has 1 aliphatic heterocycles. The van der Waals surface area contributed by atoms with E-state index in [0.29, 0.717) is 23.8 Å². The van der Waals surface area contributed by atoms with Gasteiger partial charge in [-0.05, 0) is 37.6 Å². The number of hydrogen-bond acceptors (Lipinski definition) is 7. The normalized spacial score (nSPS) is 18.5. The standard InChI is InChI=1S/C17H19N5O2S/c1-12-9-16(22(2)15-7-8-25(23,24)11-15)21-17(19-12)20-14-5-3-13(10-18)4-6-14/h3-6,9,15H,7-8,11H2,1-2H3,(H,19,20,21). The maximum Gasteiger partial charge on any atom is 0.229 e. The Hall–Kier alpha value is -2.66. The second-order valence-corrected chi connectivity index (χ2v) is 8.40. The summed E-state index contributed by atoms with van der Waals surface area (Å²) in [6, 6.07) is 10.9. The Morgan fingerprint density at radius 3 is 2.60 bits per heavy atom. The molecule has 0 saturated carbocycles. The summed E-state index contributed by atoms with van der Waals surface area (Å²) in [5, 5.41) is 12.0. The van der Waals surface area contributed by atoms with Crippen LogP contribution in [0.5, 0.6) is 0 Å². The minimum atomic E-state index is -2.95. The Kier molecular flexibility index (Phi) is 4.59. The molecule has 0 aliphatic carbocycles. The second-order valence-electron chi connectivity index (χ2n) is 6.17. The Bertz CT molecular complexity index is 919. The first kappa shape index (κ1) is 17.2. The third-order valence-corrected chi connectivity index (χ3v) is 5.98. The van der Waals surface area contributed by atoms with Gasteiger partial charge in [0.1, 0.15) is 5.82 Å². The molecule has 1 N–H and O–H groups in total. The molecule has 0 bridgehead atoms. The summed E-state index contributed by atoms with van der Waals surface area (Å²) in [6.45, 7) is 1.87. The Balaban J connectivity index is 1.81. The molecule has 1 fully saturated rings.